The summed E-state index contributed by atoms with van der Waals surface area (Å²) < 4.78 is 2.76. The molecule has 0 aliphatic heterocycles. The van der Waals surface area contributed by atoms with Crippen molar-refractivity contribution < 1.29 is 4.79 Å². The molecular weight excluding hydrogens is 376 g/mol. The first-order valence-electron chi connectivity index (χ1n) is 7.61. The van der Waals surface area contributed by atoms with Crippen LogP contribution in [-0.4, -0.2) is 25.8 Å². The van der Waals surface area contributed by atoms with Gasteiger partial charge in [-0.25, -0.2) is 0 Å². The lowest BCUT2D eigenvalue weighted by Crippen LogP contribution is -2.14. The number of aryl methyl sites for hydroxylation is 1. The van der Waals surface area contributed by atoms with E-state index in [4.69, 9.17) is 17.3 Å². The summed E-state index contributed by atoms with van der Waals surface area (Å²) in [5, 5.41) is 8.57. The van der Waals surface area contributed by atoms with Crippen molar-refractivity contribution in [2.45, 2.75) is 30.4 Å². The van der Waals surface area contributed by atoms with Crippen LogP contribution in [0.25, 0.3) is 5.69 Å². The number of benzene rings is 1. The molecule has 0 aliphatic carbocycles. The van der Waals surface area contributed by atoms with Gasteiger partial charge in [0.05, 0.1) is 5.25 Å². The van der Waals surface area contributed by atoms with E-state index in [-0.39, 0.29) is 11.0 Å². The fourth-order valence-electron chi connectivity index (χ4n) is 2.69. The molecule has 0 amide bonds. The number of nitrogens with zero attached hydrogens (tertiary/aromatic N) is 3. The molecule has 25 heavy (non-hydrogen) atoms. The molecule has 2 N–H and O–H groups in total. The van der Waals surface area contributed by atoms with Crippen LogP contribution in [0.1, 0.15) is 28.7 Å². The quantitative estimate of drug-likeness (QED) is 0.509. The Labute approximate surface area is 159 Å². The first kappa shape index (κ1) is 18.0. The molecule has 5 nitrogen and oxygen atoms in total. The van der Waals surface area contributed by atoms with Crippen molar-refractivity contribution in [2.75, 3.05) is 5.73 Å². The molecule has 130 valence electrons. The normalized spacial score (nSPS) is 12.3. The number of aromatic nitrogens is 3. The summed E-state index contributed by atoms with van der Waals surface area (Å²) in [6.45, 7) is 5.82. The predicted molar refractivity (Wildman–Crippen MR) is 104 cm³/mol. The Morgan fingerprint density at radius 2 is 1.96 bits per heavy atom. The van der Waals surface area contributed by atoms with E-state index in [0.29, 0.717) is 20.1 Å². The number of Topliss-reactive ketones (excluding diaryl/α,β-unsaturated/α-hetero) is 1. The lowest BCUT2D eigenvalue weighted by atomic mass is 10.1. The fourth-order valence-corrected chi connectivity index (χ4v) is 4.67. The maximum Gasteiger partial charge on any atom is 0.203 e. The van der Waals surface area contributed by atoms with Gasteiger partial charge in [-0.15, -0.1) is 10.2 Å². The molecule has 0 radical (unpaired) electrons. The number of carbonyl (C=O) groups excluding carboxylic acids is 1. The second kappa shape index (κ2) is 7.19. The largest absolute Gasteiger partial charge is 0.374 e. The van der Waals surface area contributed by atoms with E-state index in [2.05, 4.69) is 14.8 Å². The summed E-state index contributed by atoms with van der Waals surface area (Å²) in [5.74, 6) is 0.0621. The second-order valence-electron chi connectivity index (χ2n) is 5.63. The zero-order valence-electron chi connectivity index (χ0n) is 14.0. The zero-order valence-corrected chi connectivity index (χ0v) is 16.4. The molecule has 2 heterocycles. The standard InChI is InChI=1S/C17H17ClN4OS2/c1-9-8-14(10(2)22(9)13-6-4-12(18)5-7-13)15(23)11(3)24-17-21-20-16(19)25-17/h4-8,11H,1-3H3,(H2,19,20)/t11-/m1/s1. The number of nitrogen functional groups attached to an aromatic ring is 1. The molecule has 0 unspecified atom stereocenters. The minimum Gasteiger partial charge on any atom is -0.374 e. The highest BCUT2D eigenvalue weighted by Crippen LogP contribution is 2.31. The molecule has 8 heteroatoms. The summed E-state index contributed by atoms with van der Waals surface area (Å²) in [7, 11) is 0. The first-order chi connectivity index (χ1) is 11.9. The van der Waals surface area contributed by atoms with E-state index >= 15 is 0 Å². The van der Waals surface area contributed by atoms with Crippen molar-refractivity contribution in [2.24, 2.45) is 0 Å². The molecule has 2 aromatic heterocycles. The van der Waals surface area contributed by atoms with Gasteiger partial charge in [0.2, 0.25) is 5.13 Å². The summed E-state index contributed by atoms with van der Waals surface area (Å²) in [4.78, 5) is 12.9. The topological polar surface area (TPSA) is 73.8 Å². The van der Waals surface area contributed by atoms with Crippen LogP contribution in [0.2, 0.25) is 5.02 Å². The number of ketones is 1. The Kier molecular flexibility index (Phi) is 5.17. The van der Waals surface area contributed by atoms with Crippen LogP contribution < -0.4 is 5.73 Å². The summed E-state index contributed by atoms with van der Waals surface area (Å²) in [5.41, 5.74) is 9.20. The van der Waals surface area contributed by atoms with Gasteiger partial charge in [-0.1, -0.05) is 34.7 Å². The van der Waals surface area contributed by atoms with Gasteiger partial charge in [0.1, 0.15) is 0 Å². The van der Waals surface area contributed by atoms with Crippen molar-refractivity contribution in [3.05, 3.63) is 52.3 Å². The van der Waals surface area contributed by atoms with Crippen molar-refractivity contribution >= 4 is 45.6 Å². The van der Waals surface area contributed by atoms with E-state index in [0.717, 1.165) is 17.1 Å². The minimum absolute atomic E-state index is 0.0621. The van der Waals surface area contributed by atoms with Crippen molar-refractivity contribution in [3.8, 4) is 5.69 Å². The Balaban J connectivity index is 1.88. The Bertz CT molecular complexity index is 917. The minimum atomic E-state index is -0.272. The first-order valence-corrected chi connectivity index (χ1v) is 9.69. The van der Waals surface area contributed by atoms with Crippen molar-refractivity contribution in [3.63, 3.8) is 0 Å². The molecule has 3 aromatic rings. The van der Waals surface area contributed by atoms with Gasteiger partial charge in [0, 0.05) is 27.7 Å². The van der Waals surface area contributed by atoms with E-state index < -0.39 is 0 Å². The molecule has 0 spiro atoms. The molecule has 1 atom stereocenters. The van der Waals surface area contributed by atoms with Crippen molar-refractivity contribution in [1.82, 2.24) is 14.8 Å². The fraction of sp³-hybridized carbons (Fsp3) is 0.235. The zero-order chi connectivity index (χ0) is 18.1. The lowest BCUT2D eigenvalue weighted by molar-refractivity contribution is 0.0993. The van der Waals surface area contributed by atoms with Crippen LogP contribution in [0, 0.1) is 13.8 Å². The molecule has 0 saturated heterocycles. The number of nitrogens with two attached hydrogens (primary N) is 1. The summed E-state index contributed by atoms with van der Waals surface area (Å²) in [6, 6.07) is 9.50. The molecular formula is C17H17ClN4OS2. The van der Waals surface area contributed by atoms with Gasteiger partial charge in [0.25, 0.3) is 0 Å². The number of carbonyl (C=O) groups is 1. The van der Waals surface area contributed by atoms with E-state index in [9.17, 15) is 4.79 Å². The lowest BCUT2D eigenvalue weighted by Gasteiger charge is -2.11. The number of hydrogen-bond donors (Lipinski definition) is 1. The Hall–Kier alpha value is -1.83. The van der Waals surface area contributed by atoms with Crippen molar-refractivity contribution in [1.29, 1.82) is 0 Å². The van der Waals surface area contributed by atoms with E-state index in [1.165, 1.54) is 23.1 Å². The number of hydrogen-bond acceptors (Lipinski definition) is 6. The second-order valence-corrected chi connectivity index (χ2v) is 8.66. The predicted octanol–water partition coefficient (Wildman–Crippen LogP) is 4.54. The highest BCUT2D eigenvalue weighted by Gasteiger charge is 2.23. The number of halogens is 1. The van der Waals surface area contributed by atoms with Gasteiger partial charge < -0.3 is 10.3 Å². The third kappa shape index (κ3) is 3.73. The van der Waals surface area contributed by atoms with Gasteiger partial charge in [-0.3, -0.25) is 4.79 Å². The maximum atomic E-state index is 12.9. The van der Waals surface area contributed by atoms with Crippen LogP contribution in [0.4, 0.5) is 5.13 Å². The third-order valence-corrected chi connectivity index (χ3v) is 6.04. The molecule has 0 aliphatic rings. The van der Waals surface area contributed by atoms with Gasteiger partial charge in [0.15, 0.2) is 10.1 Å². The van der Waals surface area contributed by atoms with Gasteiger partial charge in [-0.05, 0) is 51.1 Å². The average molecular weight is 393 g/mol. The third-order valence-electron chi connectivity index (χ3n) is 3.85. The molecule has 1 aromatic carbocycles. The molecule has 0 saturated carbocycles. The maximum absolute atomic E-state index is 12.9. The van der Waals surface area contributed by atoms with Gasteiger partial charge >= 0.3 is 0 Å². The summed E-state index contributed by atoms with van der Waals surface area (Å²) in [6.07, 6.45) is 0. The summed E-state index contributed by atoms with van der Waals surface area (Å²) >= 11 is 8.64. The molecule has 0 fully saturated rings. The molecule has 3 rings (SSSR count). The van der Waals surface area contributed by atoms with Gasteiger partial charge in [-0.2, -0.15) is 0 Å². The van der Waals surface area contributed by atoms with Crippen LogP contribution >= 0.6 is 34.7 Å². The monoisotopic (exact) mass is 392 g/mol. The number of thioether (sulfide) groups is 1. The van der Waals surface area contributed by atoms with Crippen LogP contribution in [0.3, 0.4) is 0 Å². The Morgan fingerprint density at radius 1 is 1.28 bits per heavy atom. The number of anilines is 1. The van der Waals surface area contributed by atoms with Crippen LogP contribution in [0.5, 0.6) is 0 Å². The SMILES string of the molecule is Cc1cc(C(=O)[C@@H](C)Sc2nnc(N)s2)c(C)n1-c1ccc(Cl)cc1. The highest BCUT2D eigenvalue weighted by atomic mass is 35.5. The van der Waals surface area contributed by atoms with E-state index in [1.54, 1.807) is 0 Å². The number of rotatable bonds is 5. The van der Waals surface area contributed by atoms with Crippen LogP contribution in [0.15, 0.2) is 34.7 Å². The van der Waals surface area contributed by atoms with Crippen LogP contribution in [-0.2, 0) is 0 Å². The average Bonchev–Trinajstić information content (AvgIpc) is 3.11. The molecule has 0 bridgehead atoms. The Morgan fingerprint density at radius 3 is 2.56 bits per heavy atom. The smallest absolute Gasteiger partial charge is 0.203 e. The van der Waals surface area contributed by atoms with E-state index in [1.807, 2.05) is 51.1 Å². The highest BCUT2D eigenvalue weighted by molar-refractivity contribution is 8.02.